The number of esters is 2. The number of carbonyl (C=O) groups excluding carboxylic acids is 4. The molecule has 0 heterocycles. The Hall–Kier alpha value is -8.22. The summed E-state index contributed by atoms with van der Waals surface area (Å²) in [4.78, 5) is 53.6. The van der Waals surface area contributed by atoms with E-state index in [0.29, 0.717) is 33.6 Å². The largest absolute Gasteiger partial charge is 0.573 e. The highest BCUT2D eigenvalue weighted by Crippen LogP contribution is 2.43. The van der Waals surface area contributed by atoms with Crippen molar-refractivity contribution in [3.63, 3.8) is 0 Å². The number of aliphatic hydroxyl groups is 2. The van der Waals surface area contributed by atoms with E-state index < -0.39 is 65.4 Å². The average molecular weight is 955 g/mol. The van der Waals surface area contributed by atoms with Gasteiger partial charge in [-0.25, -0.2) is 9.59 Å². The summed E-state index contributed by atoms with van der Waals surface area (Å²) in [6.45, 7) is 0. The van der Waals surface area contributed by atoms with Crippen molar-refractivity contribution in [2.75, 3.05) is 11.5 Å². The normalized spacial score (nSPS) is 12.2. The third kappa shape index (κ3) is 14.4. The third-order valence-corrected chi connectivity index (χ3v) is 10.4. The number of benzene rings is 6. The van der Waals surface area contributed by atoms with E-state index in [1.54, 1.807) is 48.5 Å². The van der Waals surface area contributed by atoms with Gasteiger partial charge in [-0.2, -0.15) is 0 Å². The van der Waals surface area contributed by atoms with E-state index in [1.807, 2.05) is 0 Å². The monoisotopic (exact) mass is 954 g/mol. The van der Waals surface area contributed by atoms with Crippen LogP contribution >= 0.6 is 0 Å². The molecule has 0 aromatic heterocycles. The molecule has 0 fully saturated rings. The fourth-order valence-corrected chi connectivity index (χ4v) is 6.95. The molecule has 12 nitrogen and oxygen atoms in total. The summed E-state index contributed by atoms with van der Waals surface area (Å²) in [7, 11) is 0. The molecule has 0 unspecified atom stereocenters. The molecule has 0 radical (unpaired) electrons. The lowest BCUT2D eigenvalue weighted by Gasteiger charge is -2.42. The number of nitrogens with two attached hydrogens (primary N) is 2. The standard InChI is InChI=1S/C51H40F6N2O10/c52-50(53,54)68-43-24-20-41(21-25-43)66-46(62)36-11-1-32(2-12-36)9-19-40(60)31-48(29-34-5-15-38(58)16-6-34,30-35-7-17-39(59)18-8-35)49(64,65)45(61)28-10-33-3-13-37(14-4-33)47(63)67-42-22-26-44(27-23-42)69-51(55,56)57/h1-28,64-65H,29-31,58-59H2/b19-9+,28-10+. The van der Waals surface area contributed by atoms with E-state index in [9.17, 15) is 55.7 Å². The number of rotatable bonds is 18. The number of ether oxygens (including phenoxy) is 4. The first kappa shape index (κ1) is 50.2. The van der Waals surface area contributed by atoms with Crippen molar-refractivity contribution in [3.8, 4) is 23.0 Å². The van der Waals surface area contributed by atoms with Gasteiger partial charge in [-0.15, -0.1) is 26.3 Å². The van der Waals surface area contributed by atoms with Crippen LogP contribution < -0.4 is 30.4 Å². The Labute approximate surface area is 389 Å². The van der Waals surface area contributed by atoms with Crippen LogP contribution in [0.5, 0.6) is 23.0 Å². The lowest BCUT2D eigenvalue weighted by molar-refractivity contribution is -0.275. The molecule has 6 aromatic rings. The molecule has 6 aromatic carbocycles. The molecule has 356 valence electrons. The van der Waals surface area contributed by atoms with E-state index in [-0.39, 0.29) is 35.5 Å². The number of hydrogen-bond acceptors (Lipinski definition) is 12. The molecule has 0 bridgehead atoms. The maximum absolute atomic E-state index is 14.1. The van der Waals surface area contributed by atoms with Gasteiger partial charge in [0, 0.05) is 23.2 Å². The average Bonchev–Trinajstić information content (AvgIpc) is 3.29. The van der Waals surface area contributed by atoms with Gasteiger partial charge in [0.25, 0.3) is 0 Å². The summed E-state index contributed by atoms with van der Waals surface area (Å²) in [5, 5.41) is 24.2. The molecule has 6 rings (SSSR count). The van der Waals surface area contributed by atoms with Crippen LogP contribution in [0.1, 0.15) is 49.4 Å². The number of halogens is 6. The molecule has 0 aliphatic rings. The summed E-state index contributed by atoms with van der Waals surface area (Å²) in [5.74, 6) is -7.85. The van der Waals surface area contributed by atoms with Gasteiger partial charge in [-0.1, -0.05) is 60.7 Å². The zero-order valence-electron chi connectivity index (χ0n) is 35.9. The molecule has 18 heteroatoms. The van der Waals surface area contributed by atoms with Gasteiger partial charge in [-0.05, 0) is 144 Å². The molecule has 0 aliphatic carbocycles. The highest BCUT2D eigenvalue weighted by Gasteiger charge is 2.54. The number of anilines is 2. The zero-order chi connectivity index (χ0) is 50.0. The van der Waals surface area contributed by atoms with Gasteiger partial charge in [0.05, 0.1) is 11.1 Å². The quantitative estimate of drug-likeness (QED) is 0.0159. The van der Waals surface area contributed by atoms with Crippen molar-refractivity contribution >= 4 is 47.0 Å². The molecule has 6 N–H and O–H groups in total. The number of carbonyl (C=O) groups is 4. The molecular formula is C51H40F6N2O10. The van der Waals surface area contributed by atoms with E-state index in [0.717, 1.165) is 54.6 Å². The van der Waals surface area contributed by atoms with Crippen LogP contribution in [-0.2, 0) is 22.4 Å². The fourth-order valence-electron chi connectivity index (χ4n) is 6.95. The van der Waals surface area contributed by atoms with Crippen molar-refractivity contribution in [3.05, 3.63) is 191 Å². The van der Waals surface area contributed by atoms with Gasteiger partial charge < -0.3 is 40.6 Å². The van der Waals surface area contributed by atoms with Crippen LogP contribution in [0.25, 0.3) is 12.2 Å². The first-order chi connectivity index (χ1) is 32.5. The first-order valence-electron chi connectivity index (χ1n) is 20.5. The van der Waals surface area contributed by atoms with Crippen LogP contribution in [0, 0.1) is 5.41 Å². The molecule has 0 saturated carbocycles. The van der Waals surface area contributed by atoms with Crippen LogP contribution in [0.4, 0.5) is 37.7 Å². The van der Waals surface area contributed by atoms with Crippen LogP contribution in [0.2, 0.25) is 0 Å². The van der Waals surface area contributed by atoms with Gasteiger partial charge in [0.1, 0.15) is 23.0 Å². The third-order valence-electron chi connectivity index (χ3n) is 10.4. The van der Waals surface area contributed by atoms with Gasteiger partial charge >= 0.3 is 24.7 Å². The second-order valence-corrected chi connectivity index (χ2v) is 15.5. The van der Waals surface area contributed by atoms with Crippen molar-refractivity contribution in [1.82, 2.24) is 0 Å². The minimum Gasteiger partial charge on any atom is -0.423 e. The molecular weight excluding hydrogens is 915 g/mol. The maximum atomic E-state index is 14.1. The Balaban J connectivity index is 1.21. The van der Waals surface area contributed by atoms with E-state index in [4.69, 9.17) is 20.9 Å². The number of nitrogen functional groups attached to an aromatic ring is 2. The lowest BCUT2D eigenvalue weighted by Crippen LogP contribution is -2.57. The SMILES string of the molecule is Nc1ccc(CC(CC(=O)/C=C/c2ccc(C(=O)Oc3ccc(OC(F)(F)F)cc3)cc2)(Cc2ccc(N)cc2)C(O)(O)C(=O)/C=C/c2ccc(C(=O)Oc3ccc(OC(F)(F)F)cc3)cc2)cc1. The summed E-state index contributed by atoms with van der Waals surface area (Å²) in [6.07, 6.45) is -6.08. The zero-order valence-corrected chi connectivity index (χ0v) is 35.9. The van der Waals surface area contributed by atoms with E-state index in [1.165, 1.54) is 66.8 Å². The van der Waals surface area contributed by atoms with Crippen LogP contribution in [0.15, 0.2) is 158 Å². The lowest BCUT2D eigenvalue weighted by atomic mass is 9.65. The summed E-state index contributed by atoms with van der Waals surface area (Å²) in [5.41, 5.74) is 12.6. The Kier molecular flexibility index (Phi) is 15.4. The molecule has 0 aliphatic heterocycles. The summed E-state index contributed by atoms with van der Waals surface area (Å²) >= 11 is 0. The molecule has 0 amide bonds. The Morgan fingerprint density at radius 3 is 1.19 bits per heavy atom. The highest BCUT2D eigenvalue weighted by atomic mass is 19.4. The number of allylic oxidation sites excluding steroid dienone is 1. The van der Waals surface area contributed by atoms with E-state index >= 15 is 0 Å². The number of hydrogen-bond donors (Lipinski definition) is 4. The smallest absolute Gasteiger partial charge is 0.423 e. The highest BCUT2D eigenvalue weighted by molar-refractivity contribution is 6.01. The number of ketones is 2. The van der Waals surface area contributed by atoms with Gasteiger partial charge in [0.2, 0.25) is 11.6 Å². The molecule has 0 spiro atoms. The first-order valence-corrected chi connectivity index (χ1v) is 20.5. The topological polar surface area (TPSA) is 198 Å². The van der Waals surface area contributed by atoms with Crippen molar-refractivity contribution in [2.45, 2.75) is 37.8 Å². The predicted molar refractivity (Wildman–Crippen MR) is 240 cm³/mol. The Bertz CT molecular complexity index is 2760. The minimum absolute atomic E-state index is 0.0365. The molecule has 69 heavy (non-hydrogen) atoms. The Morgan fingerprint density at radius 1 is 0.478 bits per heavy atom. The Morgan fingerprint density at radius 2 is 0.826 bits per heavy atom. The van der Waals surface area contributed by atoms with Crippen LogP contribution in [-0.4, -0.2) is 52.2 Å². The summed E-state index contributed by atoms with van der Waals surface area (Å²) < 4.78 is 93.1. The van der Waals surface area contributed by atoms with Gasteiger partial charge in [0.15, 0.2) is 5.78 Å². The van der Waals surface area contributed by atoms with Crippen molar-refractivity contribution in [1.29, 1.82) is 0 Å². The predicted octanol–water partition coefficient (Wildman–Crippen LogP) is 9.49. The van der Waals surface area contributed by atoms with Crippen molar-refractivity contribution < 1.29 is 74.7 Å². The van der Waals surface area contributed by atoms with Crippen molar-refractivity contribution in [2.24, 2.45) is 5.41 Å². The second-order valence-electron chi connectivity index (χ2n) is 15.5. The second kappa shape index (κ2) is 21.2. The minimum atomic E-state index is -4.90. The number of alkyl halides is 6. The summed E-state index contributed by atoms with van der Waals surface area (Å²) in [6, 6.07) is 32.5. The maximum Gasteiger partial charge on any atom is 0.573 e. The molecule has 0 saturated heterocycles. The van der Waals surface area contributed by atoms with Gasteiger partial charge in [-0.3, -0.25) is 9.59 Å². The van der Waals surface area contributed by atoms with Crippen LogP contribution in [0.3, 0.4) is 0 Å². The fraction of sp³-hybridized carbons (Fsp3) is 0.137. The van der Waals surface area contributed by atoms with E-state index in [2.05, 4.69) is 9.47 Å². The molecule has 0 atom stereocenters.